The van der Waals surface area contributed by atoms with E-state index in [0.29, 0.717) is 6.61 Å². The summed E-state index contributed by atoms with van der Waals surface area (Å²) in [5.74, 6) is -0.188. The van der Waals surface area contributed by atoms with Gasteiger partial charge in [0.05, 0.1) is 13.1 Å². The Hall–Kier alpha value is -2.13. The first-order chi connectivity index (χ1) is 11.6. The van der Waals surface area contributed by atoms with Gasteiger partial charge in [-0.25, -0.2) is 0 Å². The second-order valence-corrected chi connectivity index (χ2v) is 6.20. The molecule has 3 nitrogen and oxygen atoms in total. The molecule has 0 atom stereocenters. The monoisotopic (exact) mass is 326 g/mol. The lowest BCUT2D eigenvalue weighted by Gasteiger charge is -2.29. The van der Waals surface area contributed by atoms with Crippen LogP contribution < -0.4 is 4.90 Å². The molecule has 0 aromatic heterocycles. The van der Waals surface area contributed by atoms with E-state index >= 15 is 0 Å². The highest BCUT2D eigenvalue weighted by molar-refractivity contribution is 5.87. The van der Waals surface area contributed by atoms with Crippen LogP contribution >= 0.6 is 0 Å². The number of hydrogen-bond donors (Lipinski definition) is 1. The third-order valence-electron chi connectivity index (χ3n) is 4.80. The van der Waals surface area contributed by atoms with Crippen molar-refractivity contribution in [1.82, 2.24) is 0 Å². The van der Waals surface area contributed by atoms with Crippen LogP contribution in [0.3, 0.4) is 0 Å². The maximum Gasteiger partial charge on any atom is 0.321 e. The van der Waals surface area contributed by atoms with Crippen molar-refractivity contribution >= 4 is 5.97 Å². The molecule has 0 aliphatic rings. The summed E-state index contributed by atoms with van der Waals surface area (Å²) in [7, 11) is 0. The van der Waals surface area contributed by atoms with Gasteiger partial charge in [-0.1, -0.05) is 60.7 Å². The minimum Gasteiger partial charge on any atom is -0.459 e. The van der Waals surface area contributed by atoms with Crippen molar-refractivity contribution in [3.8, 4) is 0 Å². The molecule has 0 unspecified atom stereocenters. The SMILES string of the molecule is CC[NH+](CC)CCOC(=O)C(C)(c1ccccc1)c1ccccc1. The Balaban J connectivity index is 2.22. The molecule has 128 valence electrons. The summed E-state index contributed by atoms with van der Waals surface area (Å²) in [4.78, 5) is 14.4. The average molecular weight is 326 g/mol. The van der Waals surface area contributed by atoms with Gasteiger partial charge in [0.25, 0.3) is 0 Å². The third kappa shape index (κ3) is 4.04. The van der Waals surface area contributed by atoms with E-state index in [-0.39, 0.29) is 5.97 Å². The number of hydrogen-bond acceptors (Lipinski definition) is 2. The number of ether oxygens (including phenoxy) is 1. The average Bonchev–Trinajstić information content (AvgIpc) is 2.65. The molecule has 2 rings (SSSR count). The summed E-state index contributed by atoms with van der Waals surface area (Å²) in [6.07, 6.45) is 0. The van der Waals surface area contributed by atoms with Crippen molar-refractivity contribution in [2.24, 2.45) is 0 Å². The van der Waals surface area contributed by atoms with Gasteiger partial charge in [0.1, 0.15) is 18.6 Å². The fraction of sp³-hybridized carbons (Fsp3) is 0.381. The van der Waals surface area contributed by atoms with Crippen LogP contribution in [-0.2, 0) is 14.9 Å². The number of esters is 1. The molecule has 0 spiro atoms. The minimum atomic E-state index is -0.791. The summed E-state index contributed by atoms with van der Waals surface area (Å²) in [5.41, 5.74) is 1.12. The summed E-state index contributed by atoms with van der Waals surface area (Å²) in [6.45, 7) is 9.64. The molecule has 24 heavy (non-hydrogen) atoms. The molecule has 0 amide bonds. The first kappa shape index (κ1) is 18.2. The zero-order valence-electron chi connectivity index (χ0n) is 14.9. The molecule has 0 fully saturated rings. The number of nitrogens with one attached hydrogen (secondary N) is 1. The Labute approximate surface area is 145 Å². The lowest BCUT2D eigenvalue weighted by atomic mass is 9.76. The van der Waals surface area contributed by atoms with E-state index in [1.54, 1.807) is 0 Å². The van der Waals surface area contributed by atoms with Crippen LogP contribution in [0.25, 0.3) is 0 Å². The summed E-state index contributed by atoms with van der Waals surface area (Å²) < 4.78 is 5.69. The van der Waals surface area contributed by atoms with E-state index in [1.807, 2.05) is 67.6 Å². The lowest BCUT2D eigenvalue weighted by molar-refractivity contribution is -0.896. The third-order valence-corrected chi connectivity index (χ3v) is 4.80. The first-order valence-electron chi connectivity index (χ1n) is 8.74. The molecule has 0 saturated heterocycles. The molecule has 2 aromatic carbocycles. The largest absolute Gasteiger partial charge is 0.459 e. The van der Waals surface area contributed by atoms with Crippen LogP contribution in [0.5, 0.6) is 0 Å². The smallest absolute Gasteiger partial charge is 0.321 e. The number of carbonyl (C=O) groups is 1. The van der Waals surface area contributed by atoms with Crippen molar-refractivity contribution < 1.29 is 14.4 Å². The van der Waals surface area contributed by atoms with Gasteiger partial charge in [-0.15, -0.1) is 0 Å². The molecule has 3 heteroatoms. The Morgan fingerprint density at radius 2 is 1.38 bits per heavy atom. The number of quaternary nitrogens is 1. The van der Waals surface area contributed by atoms with Crippen molar-refractivity contribution in [1.29, 1.82) is 0 Å². The first-order valence-corrected chi connectivity index (χ1v) is 8.74. The fourth-order valence-electron chi connectivity index (χ4n) is 2.98. The molecule has 0 bridgehead atoms. The summed E-state index contributed by atoms with van der Waals surface area (Å²) in [6, 6.07) is 19.7. The van der Waals surface area contributed by atoms with Gasteiger partial charge in [0.2, 0.25) is 0 Å². The van der Waals surface area contributed by atoms with E-state index in [0.717, 1.165) is 30.8 Å². The van der Waals surface area contributed by atoms with E-state index in [9.17, 15) is 4.79 Å². The highest BCUT2D eigenvalue weighted by atomic mass is 16.5. The van der Waals surface area contributed by atoms with E-state index in [1.165, 1.54) is 4.90 Å². The standard InChI is InChI=1S/C21H27NO2/c1-4-22(5-2)16-17-24-20(23)21(3,18-12-8-6-9-13-18)19-14-10-7-11-15-19/h6-15H,4-5,16-17H2,1-3H3/p+1. The number of rotatable bonds is 8. The molecule has 2 aromatic rings. The van der Waals surface area contributed by atoms with Crippen molar-refractivity contribution in [2.45, 2.75) is 26.2 Å². The van der Waals surface area contributed by atoms with Crippen molar-refractivity contribution in [3.63, 3.8) is 0 Å². The van der Waals surface area contributed by atoms with Crippen LogP contribution in [0.4, 0.5) is 0 Å². The predicted octanol–water partition coefficient (Wildman–Crippen LogP) is 2.46. The highest BCUT2D eigenvalue weighted by Gasteiger charge is 2.38. The molecule has 0 heterocycles. The molecule has 0 radical (unpaired) electrons. The molecule has 0 saturated carbocycles. The molecular formula is C21H28NO2+. The normalized spacial score (nSPS) is 11.5. The summed E-state index contributed by atoms with van der Waals surface area (Å²) >= 11 is 0. The van der Waals surface area contributed by atoms with Crippen LogP contribution in [0.2, 0.25) is 0 Å². The maximum atomic E-state index is 13.0. The zero-order chi connectivity index (χ0) is 17.4. The van der Waals surface area contributed by atoms with E-state index in [2.05, 4.69) is 13.8 Å². The predicted molar refractivity (Wildman–Crippen MR) is 97.2 cm³/mol. The lowest BCUT2D eigenvalue weighted by Crippen LogP contribution is -3.11. The highest BCUT2D eigenvalue weighted by Crippen LogP contribution is 2.33. The number of carbonyl (C=O) groups excluding carboxylic acids is 1. The van der Waals surface area contributed by atoms with Crippen molar-refractivity contribution in [3.05, 3.63) is 71.8 Å². The quantitative estimate of drug-likeness (QED) is 0.756. The molecule has 0 aliphatic heterocycles. The molecule has 1 N–H and O–H groups in total. The zero-order valence-corrected chi connectivity index (χ0v) is 14.9. The van der Waals surface area contributed by atoms with E-state index < -0.39 is 5.41 Å². The van der Waals surface area contributed by atoms with Crippen LogP contribution in [-0.4, -0.2) is 32.2 Å². The number of likely N-dealkylation sites (N-methyl/N-ethyl adjacent to an activating group) is 1. The van der Waals surface area contributed by atoms with Gasteiger partial charge < -0.3 is 9.64 Å². The minimum absolute atomic E-state index is 0.188. The second-order valence-electron chi connectivity index (χ2n) is 6.20. The van der Waals surface area contributed by atoms with Crippen LogP contribution in [0.15, 0.2) is 60.7 Å². The van der Waals surface area contributed by atoms with E-state index in [4.69, 9.17) is 4.74 Å². The fourth-order valence-corrected chi connectivity index (χ4v) is 2.98. The van der Waals surface area contributed by atoms with Crippen molar-refractivity contribution in [2.75, 3.05) is 26.2 Å². The second kappa shape index (κ2) is 8.65. The van der Waals surface area contributed by atoms with Gasteiger partial charge in [-0.3, -0.25) is 4.79 Å². The van der Waals surface area contributed by atoms with Gasteiger partial charge in [0, 0.05) is 0 Å². The molecular weight excluding hydrogens is 298 g/mol. The Kier molecular flexibility index (Phi) is 6.56. The Bertz CT molecular complexity index is 581. The van der Waals surface area contributed by atoms with Gasteiger partial charge in [-0.2, -0.15) is 0 Å². The van der Waals surface area contributed by atoms with Crippen LogP contribution in [0, 0.1) is 0 Å². The van der Waals surface area contributed by atoms with Gasteiger partial charge in [-0.05, 0) is 31.9 Å². The number of benzene rings is 2. The van der Waals surface area contributed by atoms with Crippen LogP contribution in [0.1, 0.15) is 31.9 Å². The Morgan fingerprint density at radius 3 is 1.79 bits per heavy atom. The van der Waals surface area contributed by atoms with Gasteiger partial charge in [0.15, 0.2) is 0 Å². The van der Waals surface area contributed by atoms with Gasteiger partial charge >= 0.3 is 5.97 Å². The maximum absolute atomic E-state index is 13.0. The summed E-state index contributed by atoms with van der Waals surface area (Å²) in [5, 5.41) is 0. The Morgan fingerprint density at radius 1 is 0.917 bits per heavy atom. The topological polar surface area (TPSA) is 30.7 Å². The molecule has 0 aliphatic carbocycles.